The Bertz CT molecular complexity index is 462. The van der Waals surface area contributed by atoms with E-state index >= 15 is 0 Å². The summed E-state index contributed by atoms with van der Waals surface area (Å²) in [4.78, 5) is 0. The van der Waals surface area contributed by atoms with Gasteiger partial charge < -0.3 is 8.92 Å². The van der Waals surface area contributed by atoms with Crippen LogP contribution in [0.25, 0.3) is 0 Å². The molecule has 0 fully saturated rings. The van der Waals surface area contributed by atoms with E-state index in [1.54, 1.807) is 24.3 Å². The zero-order valence-electron chi connectivity index (χ0n) is 9.80. The van der Waals surface area contributed by atoms with E-state index in [0.29, 0.717) is 5.75 Å². The fraction of sp³-hybridized carbons (Fsp3) is 0.400. The molecule has 16 heavy (non-hydrogen) atoms. The number of nitrogens with zero attached hydrogens (tertiary/aromatic N) is 1. The highest BCUT2D eigenvalue weighted by Gasteiger charge is 2.31. The number of para-hydroxylation sites is 2. The minimum Gasteiger partial charge on any atom is -0.493 e. The highest BCUT2D eigenvalue weighted by atomic mass is 32.2. The van der Waals surface area contributed by atoms with E-state index in [0.717, 1.165) is 0 Å². The van der Waals surface area contributed by atoms with Crippen LogP contribution in [-0.4, -0.2) is 40.6 Å². The third kappa shape index (κ3) is 2.65. The number of benzene rings is 1. The molecule has 90 valence electrons. The summed E-state index contributed by atoms with van der Waals surface area (Å²) in [5.41, 5.74) is 0. The van der Waals surface area contributed by atoms with Crippen molar-refractivity contribution in [3.63, 3.8) is 0 Å². The van der Waals surface area contributed by atoms with Crippen molar-refractivity contribution in [3.8, 4) is 11.5 Å². The molecule has 0 aliphatic rings. The van der Waals surface area contributed by atoms with Gasteiger partial charge >= 0.3 is 10.3 Å². The predicted octanol–water partition coefficient (Wildman–Crippen LogP) is 1.02. The molecule has 0 saturated carbocycles. The standard InChI is InChI=1S/C10H16NO4S/c1-11(2,3)16(12,13)15-10-8-6-5-7-9(10)14-4/h5-8H,1-4H3/q+1. The van der Waals surface area contributed by atoms with Crippen LogP contribution in [0.3, 0.4) is 0 Å². The molecule has 0 aliphatic carbocycles. The molecule has 6 heteroatoms. The molecule has 0 bridgehead atoms. The number of hydrogen-bond donors (Lipinski definition) is 0. The summed E-state index contributed by atoms with van der Waals surface area (Å²) in [5, 5.41) is 0. The summed E-state index contributed by atoms with van der Waals surface area (Å²) < 4.78 is 33.3. The zero-order valence-corrected chi connectivity index (χ0v) is 10.6. The van der Waals surface area contributed by atoms with Crippen LogP contribution >= 0.6 is 0 Å². The Labute approximate surface area is 96.1 Å². The second-order valence-electron chi connectivity index (χ2n) is 4.05. The van der Waals surface area contributed by atoms with Crippen LogP contribution in [0, 0.1) is 0 Å². The van der Waals surface area contributed by atoms with Gasteiger partial charge in [0, 0.05) is 0 Å². The normalized spacial score (nSPS) is 12.2. The summed E-state index contributed by atoms with van der Waals surface area (Å²) in [6, 6.07) is 6.61. The number of hydrogen-bond acceptors (Lipinski definition) is 4. The Kier molecular flexibility index (Phi) is 3.44. The second-order valence-corrected chi connectivity index (χ2v) is 6.17. The first-order valence-electron chi connectivity index (χ1n) is 4.67. The molecule has 0 amide bonds. The highest BCUT2D eigenvalue weighted by Crippen LogP contribution is 2.28. The first-order valence-corrected chi connectivity index (χ1v) is 6.03. The number of ether oxygens (including phenoxy) is 1. The van der Waals surface area contributed by atoms with E-state index in [-0.39, 0.29) is 9.64 Å². The maximum absolute atomic E-state index is 11.8. The van der Waals surface area contributed by atoms with Gasteiger partial charge in [0.05, 0.1) is 28.3 Å². The van der Waals surface area contributed by atoms with Crippen LogP contribution in [-0.2, 0) is 10.3 Å². The zero-order chi connectivity index (χ0) is 12.4. The van der Waals surface area contributed by atoms with Crippen molar-refractivity contribution in [2.24, 2.45) is 0 Å². The van der Waals surface area contributed by atoms with Crippen molar-refractivity contribution in [3.05, 3.63) is 24.3 Å². The molecular weight excluding hydrogens is 230 g/mol. The second kappa shape index (κ2) is 4.31. The molecule has 0 aliphatic heterocycles. The molecule has 0 unspecified atom stereocenters. The van der Waals surface area contributed by atoms with Gasteiger partial charge in [0.1, 0.15) is 0 Å². The van der Waals surface area contributed by atoms with E-state index in [1.165, 1.54) is 28.3 Å². The van der Waals surface area contributed by atoms with Crippen molar-refractivity contribution < 1.29 is 21.2 Å². The molecule has 1 rings (SSSR count). The van der Waals surface area contributed by atoms with E-state index in [2.05, 4.69) is 0 Å². The quantitative estimate of drug-likeness (QED) is 0.744. The van der Waals surface area contributed by atoms with Gasteiger partial charge in [-0.1, -0.05) is 12.1 Å². The Hall–Kier alpha value is -1.27. The lowest BCUT2D eigenvalue weighted by Crippen LogP contribution is -2.43. The van der Waals surface area contributed by atoms with Crippen LogP contribution in [0.15, 0.2) is 24.3 Å². The summed E-state index contributed by atoms with van der Waals surface area (Å²) >= 11 is 0. The van der Waals surface area contributed by atoms with Gasteiger partial charge in [0.2, 0.25) is 0 Å². The van der Waals surface area contributed by atoms with Crippen molar-refractivity contribution in [1.82, 2.24) is 0 Å². The van der Waals surface area contributed by atoms with Gasteiger partial charge in [0.15, 0.2) is 11.5 Å². The van der Waals surface area contributed by atoms with Gasteiger partial charge in [-0.05, 0) is 12.1 Å². The van der Waals surface area contributed by atoms with Gasteiger partial charge in [0.25, 0.3) is 0 Å². The van der Waals surface area contributed by atoms with E-state index < -0.39 is 10.3 Å². The van der Waals surface area contributed by atoms with Gasteiger partial charge in [-0.15, -0.1) is 8.42 Å². The van der Waals surface area contributed by atoms with Crippen LogP contribution in [0.5, 0.6) is 11.5 Å². The minimum atomic E-state index is -3.73. The Balaban J connectivity index is 3.06. The lowest BCUT2D eigenvalue weighted by atomic mass is 10.3. The molecule has 1 aromatic rings. The summed E-state index contributed by atoms with van der Waals surface area (Å²) in [6.07, 6.45) is 0. The Morgan fingerprint density at radius 1 is 1.06 bits per heavy atom. The SMILES string of the molecule is COc1ccccc1OS(=O)(=O)[N+](C)(C)C. The van der Waals surface area contributed by atoms with Crippen molar-refractivity contribution >= 4 is 10.3 Å². The highest BCUT2D eigenvalue weighted by molar-refractivity contribution is 7.81. The first kappa shape index (κ1) is 12.8. The maximum atomic E-state index is 11.8. The summed E-state index contributed by atoms with van der Waals surface area (Å²) in [5.74, 6) is 0.581. The van der Waals surface area contributed by atoms with Crippen molar-refractivity contribution in [2.75, 3.05) is 28.3 Å². The number of quaternary nitrogens is 1. The van der Waals surface area contributed by atoms with Crippen LogP contribution < -0.4 is 8.92 Å². The van der Waals surface area contributed by atoms with Crippen LogP contribution in [0.4, 0.5) is 0 Å². The van der Waals surface area contributed by atoms with Gasteiger partial charge in [-0.25, -0.2) is 0 Å². The van der Waals surface area contributed by atoms with Crippen LogP contribution in [0.1, 0.15) is 0 Å². The molecule has 5 nitrogen and oxygen atoms in total. The summed E-state index contributed by atoms with van der Waals surface area (Å²) in [6.45, 7) is 0. The average Bonchev–Trinajstić information content (AvgIpc) is 2.16. The fourth-order valence-electron chi connectivity index (χ4n) is 0.913. The number of rotatable bonds is 4. The summed E-state index contributed by atoms with van der Waals surface area (Å²) in [7, 11) is 2.29. The third-order valence-electron chi connectivity index (χ3n) is 1.93. The molecular formula is C10H16NO4S+. The predicted molar refractivity (Wildman–Crippen MR) is 60.6 cm³/mol. The monoisotopic (exact) mass is 246 g/mol. The molecule has 0 aromatic heterocycles. The van der Waals surface area contributed by atoms with Crippen LogP contribution in [0.2, 0.25) is 0 Å². The minimum absolute atomic E-state index is 0.193. The molecule has 0 N–H and O–H groups in total. The fourth-order valence-corrected chi connectivity index (χ4v) is 1.50. The molecule has 0 saturated heterocycles. The molecule has 0 radical (unpaired) electrons. The molecule has 0 atom stereocenters. The topological polar surface area (TPSA) is 52.6 Å². The smallest absolute Gasteiger partial charge is 0.484 e. The lowest BCUT2D eigenvalue weighted by Gasteiger charge is -2.22. The number of methoxy groups -OCH3 is 1. The molecule has 0 spiro atoms. The largest absolute Gasteiger partial charge is 0.493 e. The average molecular weight is 246 g/mol. The Morgan fingerprint density at radius 3 is 2.00 bits per heavy atom. The van der Waals surface area contributed by atoms with E-state index in [9.17, 15) is 8.42 Å². The Morgan fingerprint density at radius 2 is 1.56 bits per heavy atom. The van der Waals surface area contributed by atoms with Crippen molar-refractivity contribution in [2.45, 2.75) is 0 Å². The third-order valence-corrected chi connectivity index (χ3v) is 3.67. The van der Waals surface area contributed by atoms with E-state index in [4.69, 9.17) is 8.92 Å². The van der Waals surface area contributed by atoms with Gasteiger partial charge in [-0.2, -0.15) is 3.89 Å². The molecule has 1 aromatic carbocycles. The van der Waals surface area contributed by atoms with E-state index in [1.807, 2.05) is 0 Å². The maximum Gasteiger partial charge on any atom is 0.484 e. The molecule has 0 heterocycles. The van der Waals surface area contributed by atoms with Gasteiger partial charge in [-0.3, -0.25) is 0 Å². The van der Waals surface area contributed by atoms with Crippen molar-refractivity contribution in [1.29, 1.82) is 0 Å². The first-order chi connectivity index (χ1) is 7.28. The lowest BCUT2D eigenvalue weighted by molar-refractivity contribution is -0.743.